The maximum Gasteiger partial charge on any atom is 0.322 e. The Bertz CT molecular complexity index is 974. The Morgan fingerprint density at radius 1 is 1.00 bits per heavy atom. The fourth-order valence-electron chi connectivity index (χ4n) is 2.23. The maximum absolute atomic E-state index is 13.2. The molecule has 4 rings (SSSR count). The summed E-state index contributed by atoms with van der Waals surface area (Å²) >= 11 is 0. The highest BCUT2D eigenvalue weighted by Crippen LogP contribution is 2.35. The highest BCUT2D eigenvalue weighted by atomic mass is 19.2. The molecule has 1 N–H and O–H groups in total. The van der Waals surface area contributed by atoms with Crippen LogP contribution in [-0.2, 0) is 0 Å². The maximum atomic E-state index is 13.2. The largest absolute Gasteiger partial charge is 0.454 e. The number of hydrogen-bond acceptors (Lipinski definition) is 6. The third kappa shape index (κ3) is 2.87. The van der Waals surface area contributed by atoms with Gasteiger partial charge in [-0.05, 0) is 36.4 Å². The Labute approximate surface area is 139 Å². The van der Waals surface area contributed by atoms with Crippen LogP contribution in [0.25, 0.3) is 11.5 Å². The predicted molar refractivity (Wildman–Crippen MR) is 80.2 cm³/mol. The first kappa shape index (κ1) is 15.1. The molecule has 9 heteroatoms. The number of aromatic nitrogens is 2. The van der Waals surface area contributed by atoms with Crippen molar-refractivity contribution in [2.24, 2.45) is 0 Å². The number of fused-ring (bicyclic) bond motifs is 1. The number of carbonyl (C=O) groups is 1. The van der Waals surface area contributed by atoms with Crippen LogP contribution in [0.1, 0.15) is 10.4 Å². The van der Waals surface area contributed by atoms with Gasteiger partial charge in [-0.2, -0.15) is 0 Å². The standard InChI is InChI=1S/C16H9F2N3O4/c17-10-3-1-8(5-11(10)18)14(22)19-16-21-20-15(25-16)9-2-4-12-13(6-9)24-7-23-12/h1-6H,7H2,(H,19,21,22). The molecule has 25 heavy (non-hydrogen) atoms. The van der Waals surface area contributed by atoms with Crippen molar-refractivity contribution in [1.82, 2.24) is 10.2 Å². The molecule has 3 aromatic rings. The number of ether oxygens (including phenoxy) is 2. The van der Waals surface area contributed by atoms with E-state index in [-0.39, 0.29) is 24.3 Å². The number of hydrogen-bond donors (Lipinski definition) is 1. The summed E-state index contributed by atoms with van der Waals surface area (Å²) in [6, 6.07) is 7.65. The Kier molecular flexibility index (Phi) is 3.53. The minimum atomic E-state index is -1.13. The molecule has 1 aliphatic heterocycles. The molecule has 0 atom stereocenters. The van der Waals surface area contributed by atoms with Gasteiger partial charge >= 0.3 is 6.01 Å². The van der Waals surface area contributed by atoms with Gasteiger partial charge in [0.1, 0.15) is 0 Å². The zero-order chi connectivity index (χ0) is 17.4. The number of anilines is 1. The van der Waals surface area contributed by atoms with Gasteiger partial charge in [0, 0.05) is 11.1 Å². The lowest BCUT2D eigenvalue weighted by atomic mass is 10.2. The van der Waals surface area contributed by atoms with Gasteiger partial charge in [-0.3, -0.25) is 10.1 Å². The van der Waals surface area contributed by atoms with Crippen LogP contribution in [0, 0.1) is 11.6 Å². The summed E-state index contributed by atoms with van der Waals surface area (Å²) in [6.45, 7) is 0.137. The fraction of sp³-hybridized carbons (Fsp3) is 0.0625. The zero-order valence-electron chi connectivity index (χ0n) is 12.5. The summed E-state index contributed by atoms with van der Waals surface area (Å²) in [5.41, 5.74) is 0.492. The first-order valence-corrected chi connectivity index (χ1v) is 7.10. The molecule has 126 valence electrons. The van der Waals surface area contributed by atoms with Gasteiger partial charge in [0.25, 0.3) is 5.91 Å². The predicted octanol–water partition coefficient (Wildman–Crippen LogP) is 3.00. The molecule has 0 spiro atoms. The van der Waals surface area contributed by atoms with Crippen LogP contribution < -0.4 is 14.8 Å². The first-order valence-electron chi connectivity index (χ1n) is 7.10. The van der Waals surface area contributed by atoms with Gasteiger partial charge in [-0.1, -0.05) is 5.10 Å². The molecule has 1 amide bonds. The number of amides is 1. The monoisotopic (exact) mass is 345 g/mol. The van der Waals surface area contributed by atoms with Crippen molar-refractivity contribution in [3.05, 3.63) is 53.6 Å². The van der Waals surface area contributed by atoms with Crippen LogP contribution in [0.2, 0.25) is 0 Å². The lowest BCUT2D eigenvalue weighted by Crippen LogP contribution is -2.12. The average molecular weight is 345 g/mol. The van der Waals surface area contributed by atoms with Crippen molar-refractivity contribution in [3.8, 4) is 23.0 Å². The molecule has 2 heterocycles. The molecule has 0 unspecified atom stereocenters. The number of nitrogens with one attached hydrogen (secondary N) is 1. The Balaban J connectivity index is 1.53. The van der Waals surface area contributed by atoms with Crippen LogP contribution in [0.3, 0.4) is 0 Å². The van der Waals surface area contributed by atoms with Gasteiger partial charge in [-0.15, -0.1) is 5.10 Å². The van der Waals surface area contributed by atoms with Crippen LogP contribution in [0.5, 0.6) is 11.5 Å². The van der Waals surface area contributed by atoms with E-state index >= 15 is 0 Å². The third-order valence-electron chi connectivity index (χ3n) is 3.45. The minimum absolute atomic E-state index is 0.0817. The van der Waals surface area contributed by atoms with Crippen molar-refractivity contribution in [1.29, 1.82) is 0 Å². The molecule has 2 aromatic carbocycles. The SMILES string of the molecule is O=C(Nc1nnc(-c2ccc3c(c2)OCO3)o1)c1ccc(F)c(F)c1. The second-order valence-electron chi connectivity index (χ2n) is 5.06. The summed E-state index contributed by atoms with van der Waals surface area (Å²) in [6.07, 6.45) is 0. The highest BCUT2D eigenvalue weighted by molar-refractivity contribution is 6.03. The fourth-order valence-corrected chi connectivity index (χ4v) is 2.23. The second kappa shape index (κ2) is 5.86. The van der Waals surface area contributed by atoms with E-state index in [4.69, 9.17) is 13.9 Å². The van der Waals surface area contributed by atoms with Gasteiger partial charge < -0.3 is 13.9 Å². The summed E-state index contributed by atoms with van der Waals surface area (Å²) < 4.78 is 41.9. The van der Waals surface area contributed by atoms with E-state index in [9.17, 15) is 13.6 Å². The molecule has 7 nitrogen and oxygen atoms in total. The third-order valence-corrected chi connectivity index (χ3v) is 3.45. The number of halogens is 2. The molecule has 0 fully saturated rings. The Morgan fingerprint density at radius 3 is 2.68 bits per heavy atom. The van der Waals surface area contributed by atoms with E-state index < -0.39 is 17.5 Å². The van der Waals surface area contributed by atoms with Gasteiger partial charge in [-0.25, -0.2) is 8.78 Å². The van der Waals surface area contributed by atoms with E-state index in [1.165, 1.54) is 0 Å². The van der Waals surface area contributed by atoms with E-state index in [2.05, 4.69) is 15.5 Å². The molecule has 1 aromatic heterocycles. The number of rotatable bonds is 3. The summed E-state index contributed by atoms with van der Waals surface area (Å²) in [5, 5.41) is 9.85. The second-order valence-corrected chi connectivity index (χ2v) is 5.06. The lowest BCUT2D eigenvalue weighted by molar-refractivity contribution is 0.102. The van der Waals surface area contributed by atoms with Crippen LogP contribution >= 0.6 is 0 Å². The molecule has 0 saturated heterocycles. The van der Waals surface area contributed by atoms with E-state index in [1.807, 2.05) is 0 Å². The molecule has 0 bridgehead atoms. The van der Waals surface area contributed by atoms with Gasteiger partial charge in [0.05, 0.1) is 0 Å². The molecule has 1 aliphatic rings. The number of benzene rings is 2. The molecule has 0 saturated carbocycles. The molecular weight excluding hydrogens is 336 g/mol. The normalized spacial score (nSPS) is 12.2. The van der Waals surface area contributed by atoms with E-state index in [0.717, 1.165) is 18.2 Å². The van der Waals surface area contributed by atoms with Crippen LogP contribution in [0.15, 0.2) is 40.8 Å². The summed E-state index contributed by atoms with van der Waals surface area (Å²) in [5.74, 6) is -1.57. The van der Waals surface area contributed by atoms with Gasteiger partial charge in [0.15, 0.2) is 23.1 Å². The van der Waals surface area contributed by atoms with Gasteiger partial charge in [0.2, 0.25) is 12.7 Å². The van der Waals surface area contributed by atoms with Crippen molar-refractivity contribution >= 4 is 11.9 Å². The lowest BCUT2D eigenvalue weighted by Gasteiger charge is -2.01. The van der Waals surface area contributed by atoms with Crippen LogP contribution in [0.4, 0.5) is 14.8 Å². The van der Waals surface area contributed by atoms with Crippen molar-refractivity contribution < 1.29 is 27.5 Å². The molecule has 0 radical (unpaired) electrons. The first-order chi connectivity index (χ1) is 12.1. The molecular formula is C16H9F2N3O4. The Morgan fingerprint density at radius 2 is 1.84 bits per heavy atom. The van der Waals surface area contributed by atoms with Crippen molar-refractivity contribution in [3.63, 3.8) is 0 Å². The number of nitrogens with zero attached hydrogens (tertiary/aromatic N) is 2. The van der Waals surface area contributed by atoms with Crippen molar-refractivity contribution in [2.75, 3.05) is 12.1 Å². The number of carbonyl (C=O) groups excluding carboxylic acids is 1. The van der Waals surface area contributed by atoms with Crippen molar-refractivity contribution in [2.45, 2.75) is 0 Å². The topological polar surface area (TPSA) is 86.5 Å². The molecule has 0 aliphatic carbocycles. The van der Waals surface area contributed by atoms with Crippen LogP contribution in [-0.4, -0.2) is 22.9 Å². The Hall–Kier alpha value is -3.49. The quantitative estimate of drug-likeness (QED) is 0.785. The minimum Gasteiger partial charge on any atom is -0.454 e. The highest BCUT2D eigenvalue weighted by Gasteiger charge is 2.18. The van der Waals surface area contributed by atoms with E-state index in [0.29, 0.717) is 17.1 Å². The summed E-state index contributed by atoms with van der Waals surface area (Å²) in [7, 11) is 0. The smallest absolute Gasteiger partial charge is 0.322 e. The van der Waals surface area contributed by atoms with E-state index in [1.54, 1.807) is 18.2 Å². The summed E-state index contributed by atoms with van der Waals surface area (Å²) in [4.78, 5) is 12.0. The zero-order valence-corrected chi connectivity index (χ0v) is 12.5. The average Bonchev–Trinajstić information content (AvgIpc) is 3.25.